The van der Waals surface area contributed by atoms with Gasteiger partial charge in [0.25, 0.3) is 0 Å². The minimum absolute atomic E-state index is 0.116. The van der Waals surface area contributed by atoms with Crippen LogP contribution in [0.2, 0.25) is 0 Å². The van der Waals surface area contributed by atoms with Crippen molar-refractivity contribution in [2.45, 2.75) is 25.9 Å². The molecule has 2 N–H and O–H groups in total. The van der Waals surface area contributed by atoms with Gasteiger partial charge in [0.2, 0.25) is 11.8 Å². The van der Waals surface area contributed by atoms with Gasteiger partial charge in [0.05, 0.1) is 0 Å². The lowest BCUT2D eigenvalue weighted by Crippen LogP contribution is -2.63. The van der Waals surface area contributed by atoms with Gasteiger partial charge in [-0.2, -0.15) is 12.6 Å². The zero-order valence-electron chi connectivity index (χ0n) is 7.70. The molecule has 1 rings (SSSR count). The average molecular weight is 202 g/mol. The van der Waals surface area contributed by atoms with E-state index in [2.05, 4.69) is 23.3 Å². The number of carbonyl (C=O) groups is 2. The smallest absolute Gasteiger partial charge is 0.244 e. The van der Waals surface area contributed by atoms with E-state index >= 15 is 0 Å². The molecular formula is C8H14N2O2S. The van der Waals surface area contributed by atoms with Crippen molar-refractivity contribution in [2.75, 3.05) is 5.75 Å². The summed E-state index contributed by atoms with van der Waals surface area (Å²) < 4.78 is 0. The molecule has 0 unspecified atom stereocenters. The summed E-state index contributed by atoms with van der Waals surface area (Å²) in [6.45, 7) is 3.79. The maximum atomic E-state index is 11.4. The summed E-state index contributed by atoms with van der Waals surface area (Å²) in [6.07, 6.45) is 0. The van der Waals surface area contributed by atoms with E-state index in [-0.39, 0.29) is 17.7 Å². The van der Waals surface area contributed by atoms with Gasteiger partial charge in [-0.1, -0.05) is 13.8 Å². The van der Waals surface area contributed by atoms with Crippen LogP contribution in [0.4, 0.5) is 0 Å². The SMILES string of the molecule is CC(C)[C@H]1NC(=O)[C@H](CS)NC1=O. The second kappa shape index (κ2) is 4.00. The van der Waals surface area contributed by atoms with Gasteiger partial charge >= 0.3 is 0 Å². The third-order valence-corrected chi connectivity index (χ3v) is 2.43. The van der Waals surface area contributed by atoms with Crippen molar-refractivity contribution in [3.05, 3.63) is 0 Å². The summed E-state index contributed by atoms with van der Waals surface area (Å²) in [4.78, 5) is 22.7. The molecule has 0 saturated carbocycles. The summed E-state index contributed by atoms with van der Waals surface area (Å²) in [6, 6.07) is -0.880. The van der Waals surface area contributed by atoms with E-state index < -0.39 is 12.1 Å². The number of hydrogen-bond acceptors (Lipinski definition) is 3. The third kappa shape index (κ3) is 2.15. The molecule has 0 aromatic rings. The molecular weight excluding hydrogens is 188 g/mol. The lowest BCUT2D eigenvalue weighted by Gasteiger charge is -2.30. The minimum Gasteiger partial charge on any atom is -0.342 e. The molecule has 5 heteroatoms. The highest BCUT2D eigenvalue weighted by atomic mass is 32.1. The monoisotopic (exact) mass is 202 g/mol. The first kappa shape index (κ1) is 10.4. The maximum absolute atomic E-state index is 11.4. The van der Waals surface area contributed by atoms with Gasteiger partial charge in [-0.05, 0) is 5.92 Å². The van der Waals surface area contributed by atoms with Gasteiger partial charge in [0, 0.05) is 5.75 Å². The number of piperazine rings is 1. The number of nitrogens with one attached hydrogen (secondary N) is 2. The van der Waals surface area contributed by atoms with Crippen LogP contribution in [-0.4, -0.2) is 29.7 Å². The fourth-order valence-electron chi connectivity index (χ4n) is 1.24. The lowest BCUT2D eigenvalue weighted by atomic mass is 10.0. The molecule has 1 saturated heterocycles. The molecule has 0 bridgehead atoms. The van der Waals surface area contributed by atoms with Crippen LogP contribution in [0.3, 0.4) is 0 Å². The largest absolute Gasteiger partial charge is 0.342 e. The maximum Gasteiger partial charge on any atom is 0.244 e. The quantitative estimate of drug-likeness (QED) is 0.531. The molecule has 13 heavy (non-hydrogen) atoms. The summed E-state index contributed by atoms with van der Waals surface area (Å²) in [5.41, 5.74) is 0. The first-order valence-electron chi connectivity index (χ1n) is 4.28. The fraction of sp³-hybridized carbons (Fsp3) is 0.750. The normalized spacial score (nSPS) is 28.6. The molecule has 2 atom stereocenters. The molecule has 1 aliphatic rings. The van der Waals surface area contributed by atoms with Crippen LogP contribution >= 0.6 is 12.6 Å². The lowest BCUT2D eigenvalue weighted by molar-refractivity contribution is -0.137. The van der Waals surface area contributed by atoms with E-state index in [4.69, 9.17) is 0 Å². The zero-order valence-corrected chi connectivity index (χ0v) is 8.60. The Morgan fingerprint density at radius 1 is 1.31 bits per heavy atom. The average Bonchev–Trinajstić information content (AvgIpc) is 2.07. The van der Waals surface area contributed by atoms with Crippen molar-refractivity contribution >= 4 is 24.4 Å². The molecule has 0 radical (unpaired) electrons. The second-order valence-corrected chi connectivity index (χ2v) is 3.84. The van der Waals surface area contributed by atoms with Crippen molar-refractivity contribution in [1.82, 2.24) is 10.6 Å². The highest BCUT2D eigenvalue weighted by molar-refractivity contribution is 7.80. The van der Waals surface area contributed by atoms with Crippen molar-refractivity contribution in [3.63, 3.8) is 0 Å². The summed E-state index contributed by atoms with van der Waals surface area (Å²) >= 11 is 3.97. The molecule has 1 fully saturated rings. The zero-order chi connectivity index (χ0) is 10.0. The topological polar surface area (TPSA) is 58.2 Å². The van der Waals surface area contributed by atoms with E-state index in [1.807, 2.05) is 13.8 Å². The standard InChI is InChI=1S/C8H14N2O2S/c1-4(2)6-8(12)9-5(3-13)7(11)10-6/h4-6,13H,3H2,1-2H3,(H,9,12)(H,10,11)/t5-,6+/m0/s1. The van der Waals surface area contributed by atoms with Gasteiger partial charge in [-0.15, -0.1) is 0 Å². The van der Waals surface area contributed by atoms with Crippen LogP contribution in [0.15, 0.2) is 0 Å². The Balaban J connectivity index is 2.67. The Kier molecular flexibility index (Phi) is 3.19. The Bertz CT molecular complexity index is 230. The molecule has 2 amide bonds. The fourth-order valence-corrected chi connectivity index (χ4v) is 1.50. The predicted octanol–water partition coefficient (Wildman–Crippen LogP) is -0.445. The molecule has 1 aliphatic heterocycles. The summed E-state index contributed by atoms with van der Waals surface area (Å²) in [5, 5.41) is 5.29. The van der Waals surface area contributed by atoms with E-state index in [0.29, 0.717) is 5.75 Å². The predicted molar refractivity (Wildman–Crippen MR) is 52.6 cm³/mol. The summed E-state index contributed by atoms with van der Waals surface area (Å²) in [7, 11) is 0. The number of hydrogen-bond donors (Lipinski definition) is 3. The van der Waals surface area contributed by atoms with Gasteiger partial charge in [0.1, 0.15) is 12.1 Å². The van der Waals surface area contributed by atoms with E-state index in [1.165, 1.54) is 0 Å². The summed E-state index contributed by atoms with van der Waals surface area (Å²) in [5.74, 6) is 0.189. The number of rotatable bonds is 2. The van der Waals surface area contributed by atoms with Gasteiger partial charge in [-0.25, -0.2) is 0 Å². The van der Waals surface area contributed by atoms with E-state index in [9.17, 15) is 9.59 Å². The van der Waals surface area contributed by atoms with Crippen molar-refractivity contribution in [1.29, 1.82) is 0 Å². The van der Waals surface area contributed by atoms with Crippen molar-refractivity contribution in [2.24, 2.45) is 5.92 Å². The number of amides is 2. The number of thiol groups is 1. The Labute approximate surface area is 82.9 Å². The van der Waals surface area contributed by atoms with Crippen LogP contribution in [0.5, 0.6) is 0 Å². The molecule has 74 valence electrons. The molecule has 0 aliphatic carbocycles. The van der Waals surface area contributed by atoms with Crippen LogP contribution in [0, 0.1) is 5.92 Å². The van der Waals surface area contributed by atoms with Gasteiger partial charge in [0.15, 0.2) is 0 Å². The molecule has 4 nitrogen and oxygen atoms in total. The van der Waals surface area contributed by atoms with Gasteiger partial charge in [-0.3, -0.25) is 9.59 Å². The molecule has 1 heterocycles. The molecule has 0 spiro atoms. The van der Waals surface area contributed by atoms with Crippen molar-refractivity contribution in [3.8, 4) is 0 Å². The number of carbonyl (C=O) groups excluding carboxylic acids is 2. The van der Waals surface area contributed by atoms with Crippen LogP contribution in [0.25, 0.3) is 0 Å². The molecule has 0 aromatic heterocycles. The highest BCUT2D eigenvalue weighted by Gasteiger charge is 2.34. The van der Waals surface area contributed by atoms with Crippen LogP contribution < -0.4 is 10.6 Å². The Morgan fingerprint density at radius 2 is 1.92 bits per heavy atom. The van der Waals surface area contributed by atoms with E-state index in [1.54, 1.807) is 0 Å². The van der Waals surface area contributed by atoms with Crippen LogP contribution in [0.1, 0.15) is 13.8 Å². The first-order valence-corrected chi connectivity index (χ1v) is 4.91. The third-order valence-electron chi connectivity index (χ3n) is 2.06. The van der Waals surface area contributed by atoms with Crippen molar-refractivity contribution < 1.29 is 9.59 Å². The molecule has 0 aromatic carbocycles. The minimum atomic E-state index is -0.481. The Morgan fingerprint density at radius 3 is 2.38 bits per heavy atom. The van der Waals surface area contributed by atoms with E-state index in [0.717, 1.165) is 0 Å². The Hall–Kier alpha value is -0.710. The highest BCUT2D eigenvalue weighted by Crippen LogP contribution is 2.07. The second-order valence-electron chi connectivity index (χ2n) is 3.47. The van der Waals surface area contributed by atoms with Gasteiger partial charge < -0.3 is 10.6 Å². The first-order chi connectivity index (χ1) is 6.06. The van der Waals surface area contributed by atoms with Crippen LogP contribution in [-0.2, 0) is 9.59 Å².